The highest BCUT2D eigenvalue weighted by Gasteiger charge is 2.35. The largest absolute Gasteiger partial charge is 0.378 e. The number of carbonyl (C=O) groups excluding carboxylic acids is 1. The maximum Gasteiger partial charge on any atom is 0.261 e. The lowest BCUT2D eigenvalue weighted by molar-refractivity contribution is 0.0622. The van der Waals surface area contributed by atoms with Gasteiger partial charge in [0.1, 0.15) is 0 Å². The summed E-state index contributed by atoms with van der Waals surface area (Å²) in [5.41, 5.74) is 3.63. The van der Waals surface area contributed by atoms with Crippen LogP contribution in [0.1, 0.15) is 22.5 Å². The number of benzene rings is 2. The van der Waals surface area contributed by atoms with Gasteiger partial charge in [-0.25, -0.2) is 0 Å². The molecule has 4 fully saturated rings. The maximum absolute atomic E-state index is 13.1. The third kappa shape index (κ3) is 4.50. The molecule has 1 atom stereocenters. The van der Waals surface area contributed by atoms with Gasteiger partial charge >= 0.3 is 0 Å². The molecule has 4 saturated heterocycles. The molecular formula is C26H30ClN3O2S. The van der Waals surface area contributed by atoms with E-state index in [2.05, 4.69) is 63.6 Å². The van der Waals surface area contributed by atoms with E-state index in [1.165, 1.54) is 47.4 Å². The van der Waals surface area contributed by atoms with E-state index in [0.29, 0.717) is 12.0 Å². The second-order valence-electron chi connectivity index (χ2n) is 9.20. The van der Waals surface area contributed by atoms with E-state index >= 15 is 0 Å². The minimum atomic E-state index is 0. The maximum atomic E-state index is 13.1. The van der Waals surface area contributed by atoms with Crippen molar-refractivity contribution in [1.29, 1.82) is 0 Å². The lowest BCUT2D eigenvalue weighted by Gasteiger charge is -2.44. The Morgan fingerprint density at radius 1 is 1.00 bits per heavy atom. The Hall–Kier alpha value is -2.12. The van der Waals surface area contributed by atoms with Crippen LogP contribution in [0, 0.1) is 5.92 Å². The number of ether oxygens (including phenoxy) is 1. The molecule has 33 heavy (non-hydrogen) atoms. The number of morpholine rings is 1. The molecule has 174 valence electrons. The highest BCUT2D eigenvalue weighted by atomic mass is 35.5. The van der Waals surface area contributed by atoms with Gasteiger partial charge in [-0.1, -0.05) is 30.3 Å². The Morgan fingerprint density at radius 2 is 1.79 bits per heavy atom. The lowest BCUT2D eigenvalue weighted by atomic mass is 9.84. The van der Waals surface area contributed by atoms with Gasteiger partial charge in [-0.05, 0) is 66.6 Å². The number of nitrogens with zero attached hydrogens (tertiary/aromatic N) is 2. The highest BCUT2D eigenvalue weighted by molar-refractivity contribution is 7.21. The van der Waals surface area contributed by atoms with E-state index in [4.69, 9.17) is 4.74 Å². The summed E-state index contributed by atoms with van der Waals surface area (Å²) in [4.78, 5) is 18.8. The first-order valence-electron chi connectivity index (χ1n) is 11.7. The van der Waals surface area contributed by atoms with Gasteiger partial charge in [-0.3, -0.25) is 4.79 Å². The molecular weight excluding hydrogens is 454 g/mol. The van der Waals surface area contributed by atoms with Gasteiger partial charge < -0.3 is 19.9 Å². The van der Waals surface area contributed by atoms with E-state index < -0.39 is 0 Å². The van der Waals surface area contributed by atoms with Crippen LogP contribution in [0.15, 0.2) is 48.5 Å². The van der Waals surface area contributed by atoms with Crippen molar-refractivity contribution in [3.05, 3.63) is 53.4 Å². The molecule has 2 bridgehead atoms. The quantitative estimate of drug-likeness (QED) is 0.586. The third-order valence-corrected chi connectivity index (χ3v) is 8.46. The molecule has 0 unspecified atom stereocenters. The zero-order valence-electron chi connectivity index (χ0n) is 18.7. The molecule has 1 aromatic heterocycles. The molecule has 7 rings (SSSR count). The number of halogens is 1. The van der Waals surface area contributed by atoms with Crippen LogP contribution in [-0.2, 0) is 4.74 Å². The smallest absolute Gasteiger partial charge is 0.261 e. The zero-order valence-corrected chi connectivity index (χ0v) is 20.3. The summed E-state index contributed by atoms with van der Waals surface area (Å²) in [6, 6.07) is 17.5. The highest BCUT2D eigenvalue weighted by Crippen LogP contribution is 2.37. The number of anilines is 1. The number of carbonyl (C=O) groups is 1. The number of hydrogen-bond acceptors (Lipinski definition) is 5. The topological polar surface area (TPSA) is 44.8 Å². The Bertz CT molecular complexity index is 1140. The molecule has 0 saturated carbocycles. The van der Waals surface area contributed by atoms with Crippen LogP contribution < -0.4 is 10.2 Å². The van der Waals surface area contributed by atoms with Gasteiger partial charge in [0, 0.05) is 36.1 Å². The fourth-order valence-electron chi connectivity index (χ4n) is 5.46. The fourth-order valence-corrected chi connectivity index (χ4v) is 6.56. The van der Waals surface area contributed by atoms with Crippen LogP contribution in [0.25, 0.3) is 21.2 Å². The van der Waals surface area contributed by atoms with Crippen LogP contribution in [-0.4, -0.2) is 62.8 Å². The minimum Gasteiger partial charge on any atom is -0.378 e. The van der Waals surface area contributed by atoms with Gasteiger partial charge in [-0.2, -0.15) is 0 Å². The molecule has 2 aromatic carbocycles. The molecule has 7 heteroatoms. The van der Waals surface area contributed by atoms with Crippen molar-refractivity contribution in [2.45, 2.75) is 18.9 Å². The van der Waals surface area contributed by atoms with Crippen LogP contribution >= 0.6 is 23.7 Å². The molecule has 4 aliphatic rings. The molecule has 1 amide bonds. The normalized spacial score (nSPS) is 24.5. The Labute approximate surface area is 205 Å². The van der Waals surface area contributed by atoms with E-state index in [1.807, 2.05) is 0 Å². The monoisotopic (exact) mass is 483 g/mol. The summed E-state index contributed by atoms with van der Waals surface area (Å²) in [5.74, 6) is 0.717. The molecule has 3 aromatic rings. The van der Waals surface area contributed by atoms with Crippen LogP contribution in [0.2, 0.25) is 0 Å². The van der Waals surface area contributed by atoms with Crippen LogP contribution in [0.4, 0.5) is 5.69 Å². The van der Waals surface area contributed by atoms with Crippen molar-refractivity contribution in [3.63, 3.8) is 0 Å². The molecule has 0 spiro atoms. The number of nitrogens with one attached hydrogen (secondary N) is 1. The van der Waals surface area contributed by atoms with Crippen molar-refractivity contribution in [3.8, 4) is 11.1 Å². The number of rotatable bonds is 4. The molecule has 5 nitrogen and oxygen atoms in total. The standard InChI is InChI=1S/C26H29N3O2S.ClH/c30-26(27-23-17-28-9-7-18(23)8-10-28)24-16-20-4-2-6-22(25(20)32-24)19-3-1-5-21(15-19)29-11-13-31-14-12-29;/h1-6,15-16,18,23H,7-14,17H2,(H,27,30);1H/t23-;/m1./s1. The van der Waals surface area contributed by atoms with Gasteiger partial charge in [0.05, 0.1) is 18.1 Å². The van der Waals surface area contributed by atoms with E-state index in [9.17, 15) is 4.79 Å². The van der Waals surface area contributed by atoms with Crippen LogP contribution in [0.5, 0.6) is 0 Å². The number of amides is 1. The fraction of sp³-hybridized carbons (Fsp3) is 0.423. The molecule has 0 radical (unpaired) electrons. The average Bonchev–Trinajstić information content (AvgIpc) is 3.30. The second kappa shape index (κ2) is 9.63. The molecule has 1 N–H and O–H groups in total. The second-order valence-corrected chi connectivity index (χ2v) is 10.3. The summed E-state index contributed by atoms with van der Waals surface area (Å²) in [7, 11) is 0. The predicted molar refractivity (Wildman–Crippen MR) is 138 cm³/mol. The van der Waals surface area contributed by atoms with Gasteiger partial charge in [0.25, 0.3) is 5.91 Å². The van der Waals surface area contributed by atoms with Gasteiger partial charge in [0.2, 0.25) is 0 Å². The van der Waals surface area contributed by atoms with Crippen molar-refractivity contribution < 1.29 is 9.53 Å². The Balaban J connectivity index is 0.00000228. The first-order valence-corrected chi connectivity index (χ1v) is 12.6. The lowest BCUT2D eigenvalue weighted by Crippen LogP contribution is -2.57. The van der Waals surface area contributed by atoms with Crippen LogP contribution in [0.3, 0.4) is 0 Å². The molecule has 5 heterocycles. The Kier molecular flexibility index (Phi) is 6.61. The van der Waals surface area contributed by atoms with Crippen molar-refractivity contribution >= 4 is 45.4 Å². The number of piperidine rings is 3. The van der Waals surface area contributed by atoms with Gasteiger partial charge in [-0.15, -0.1) is 23.7 Å². The minimum absolute atomic E-state index is 0. The number of hydrogen-bond donors (Lipinski definition) is 1. The summed E-state index contributed by atoms with van der Waals surface area (Å²) in [6.07, 6.45) is 2.42. The summed E-state index contributed by atoms with van der Waals surface area (Å²) >= 11 is 1.62. The number of fused-ring (bicyclic) bond motifs is 4. The SMILES string of the molecule is Cl.O=C(N[C@@H]1CN2CCC1CC2)c1cc2cccc(-c3cccc(N4CCOCC4)c3)c2s1. The average molecular weight is 484 g/mol. The predicted octanol–water partition coefficient (Wildman–Crippen LogP) is 4.65. The molecule has 0 aliphatic carbocycles. The summed E-state index contributed by atoms with van der Waals surface area (Å²) in [5, 5.41) is 4.49. The first-order chi connectivity index (χ1) is 15.7. The first kappa shape index (κ1) is 22.7. The molecule has 4 aliphatic heterocycles. The summed E-state index contributed by atoms with van der Waals surface area (Å²) < 4.78 is 6.69. The zero-order chi connectivity index (χ0) is 21.5. The summed E-state index contributed by atoms with van der Waals surface area (Å²) in [6.45, 7) is 6.79. The van der Waals surface area contributed by atoms with E-state index in [-0.39, 0.29) is 18.3 Å². The Morgan fingerprint density at radius 3 is 2.55 bits per heavy atom. The number of thiophene rings is 1. The van der Waals surface area contributed by atoms with Crippen molar-refractivity contribution in [2.24, 2.45) is 5.92 Å². The van der Waals surface area contributed by atoms with Gasteiger partial charge in [0.15, 0.2) is 0 Å². The van der Waals surface area contributed by atoms with Crippen molar-refractivity contribution in [1.82, 2.24) is 10.2 Å². The van der Waals surface area contributed by atoms with Crippen molar-refractivity contribution in [2.75, 3.05) is 50.8 Å². The van der Waals surface area contributed by atoms with E-state index in [1.54, 1.807) is 11.3 Å². The van der Waals surface area contributed by atoms with E-state index in [0.717, 1.165) is 43.1 Å². The third-order valence-electron chi connectivity index (χ3n) is 7.27.